The van der Waals surface area contributed by atoms with E-state index in [1.54, 1.807) is 30.3 Å². The van der Waals surface area contributed by atoms with E-state index in [4.69, 9.17) is 9.47 Å². The van der Waals surface area contributed by atoms with E-state index >= 15 is 0 Å². The fourth-order valence-electron chi connectivity index (χ4n) is 4.18. The Hall–Kier alpha value is -4.67. The van der Waals surface area contributed by atoms with E-state index in [0.717, 1.165) is 36.1 Å². The number of aryl methyl sites for hydroxylation is 1. The van der Waals surface area contributed by atoms with Gasteiger partial charge in [-0.15, -0.1) is 11.3 Å². The monoisotopic (exact) mass is 528 g/mol. The quantitative estimate of drug-likeness (QED) is 0.157. The molecule has 0 saturated heterocycles. The molecule has 0 radical (unpaired) electrons. The van der Waals surface area contributed by atoms with Crippen LogP contribution >= 0.6 is 11.3 Å². The van der Waals surface area contributed by atoms with Crippen LogP contribution in [0.4, 0.5) is 10.7 Å². The highest BCUT2D eigenvalue weighted by Crippen LogP contribution is 2.38. The van der Waals surface area contributed by atoms with Gasteiger partial charge in [-0.05, 0) is 67.5 Å². The Morgan fingerprint density at radius 1 is 1.16 bits per heavy atom. The number of nitro groups is 1. The first-order chi connectivity index (χ1) is 18.4. The fraction of sp³-hybridized carbons (Fsp3) is 0.250. The van der Waals surface area contributed by atoms with E-state index in [0.29, 0.717) is 39.8 Å². The Morgan fingerprint density at radius 3 is 2.71 bits per heavy atom. The van der Waals surface area contributed by atoms with Gasteiger partial charge in [-0.1, -0.05) is 18.2 Å². The van der Waals surface area contributed by atoms with Crippen molar-refractivity contribution in [2.24, 2.45) is 0 Å². The molecule has 2 aromatic carbocycles. The number of non-ortho nitro benzene ring substituents is 1. The molecule has 192 valence electrons. The second-order valence-electron chi connectivity index (χ2n) is 8.51. The van der Waals surface area contributed by atoms with E-state index in [9.17, 15) is 25.4 Å². The molecular formula is C28H24N4O5S. The van der Waals surface area contributed by atoms with Crippen molar-refractivity contribution < 1.29 is 19.2 Å². The standard InChI is InChI=1S/C28H24N4O5S/c1-2-36-25-14-18(10-11-24(25)37-17-19-6-5-7-21(13-19)32(34)35)12-20(15-29)27(33)31-28-23(16-30)22-8-3-4-9-26(22)38-28/h5-7,10-14H,2-4,8-9,17H2,1H3,(H,31,33)/b20-12+. The van der Waals surface area contributed by atoms with Crippen LogP contribution in [-0.2, 0) is 24.2 Å². The Morgan fingerprint density at radius 2 is 1.97 bits per heavy atom. The van der Waals surface area contributed by atoms with Gasteiger partial charge in [0.1, 0.15) is 29.3 Å². The Balaban J connectivity index is 1.53. The molecule has 38 heavy (non-hydrogen) atoms. The van der Waals surface area contributed by atoms with Crippen LogP contribution in [0.5, 0.6) is 11.5 Å². The second-order valence-corrected chi connectivity index (χ2v) is 9.61. The van der Waals surface area contributed by atoms with Crippen LogP contribution in [-0.4, -0.2) is 17.4 Å². The van der Waals surface area contributed by atoms with E-state index in [1.165, 1.54) is 29.5 Å². The molecule has 0 saturated carbocycles. The van der Waals surface area contributed by atoms with Crippen molar-refractivity contribution in [2.45, 2.75) is 39.2 Å². The predicted octanol–water partition coefficient (Wildman–Crippen LogP) is 5.93. The first-order valence-corrected chi connectivity index (χ1v) is 12.9. The first-order valence-electron chi connectivity index (χ1n) is 12.0. The number of carbonyl (C=O) groups excluding carboxylic acids is 1. The third kappa shape index (κ3) is 6.00. The summed E-state index contributed by atoms with van der Waals surface area (Å²) in [6.07, 6.45) is 5.23. The van der Waals surface area contributed by atoms with Gasteiger partial charge < -0.3 is 14.8 Å². The van der Waals surface area contributed by atoms with Crippen molar-refractivity contribution in [3.05, 3.63) is 85.3 Å². The highest BCUT2D eigenvalue weighted by Gasteiger charge is 2.23. The van der Waals surface area contributed by atoms with Crippen LogP contribution in [0.1, 0.15) is 46.9 Å². The van der Waals surface area contributed by atoms with Gasteiger partial charge in [0.15, 0.2) is 11.5 Å². The minimum atomic E-state index is -0.591. The highest BCUT2D eigenvalue weighted by molar-refractivity contribution is 7.16. The molecule has 9 nitrogen and oxygen atoms in total. The number of nitrogens with one attached hydrogen (secondary N) is 1. The number of rotatable bonds is 9. The van der Waals surface area contributed by atoms with Crippen LogP contribution in [0.3, 0.4) is 0 Å². The van der Waals surface area contributed by atoms with Gasteiger partial charge in [-0.25, -0.2) is 0 Å². The number of nitrogens with zero attached hydrogens (tertiary/aromatic N) is 3. The smallest absolute Gasteiger partial charge is 0.269 e. The molecule has 1 aromatic heterocycles. The molecular weight excluding hydrogens is 504 g/mol. The largest absolute Gasteiger partial charge is 0.490 e. The molecule has 0 atom stereocenters. The second kappa shape index (κ2) is 12.0. The topological polar surface area (TPSA) is 138 Å². The number of anilines is 1. The van der Waals surface area contributed by atoms with E-state index in [2.05, 4.69) is 11.4 Å². The van der Waals surface area contributed by atoms with Gasteiger partial charge in [-0.3, -0.25) is 14.9 Å². The van der Waals surface area contributed by atoms with Crippen molar-refractivity contribution >= 4 is 34.0 Å². The Bertz CT molecular complexity index is 1500. The predicted molar refractivity (Wildman–Crippen MR) is 143 cm³/mol. The zero-order valence-corrected chi connectivity index (χ0v) is 21.5. The number of hydrogen-bond acceptors (Lipinski definition) is 8. The van der Waals surface area contributed by atoms with E-state index in [-0.39, 0.29) is 17.9 Å². The number of benzene rings is 2. The maximum atomic E-state index is 12.9. The van der Waals surface area contributed by atoms with Crippen molar-refractivity contribution in [3.63, 3.8) is 0 Å². The third-order valence-corrected chi connectivity index (χ3v) is 7.18. The summed E-state index contributed by atoms with van der Waals surface area (Å²) in [7, 11) is 0. The normalized spacial score (nSPS) is 12.6. The molecule has 0 aliphatic heterocycles. The van der Waals surface area contributed by atoms with Crippen molar-refractivity contribution in [3.8, 4) is 23.6 Å². The summed E-state index contributed by atoms with van der Waals surface area (Å²) in [5.74, 6) is 0.231. The zero-order chi connectivity index (χ0) is 27.1. The van der Waals surface area contributed by atoms with Crippen LogP contribution in [0.2, 0.25) is 0 Å². The number of nitro benzene ring substituents is 1. The summed E-state index contributed by atoms with van der Waals surface area (Å²) in [4.78, 5) is 24.6. The molecule has 1 heterocycles. The maximum Gasteiger partial charge on any atom is 0.269 e. The summed E-state index contributed by atoms with van der Waals surface area (Å²) in [5.41, 5.74) is 2.52. The number of ether oxygens (including phenoxy) is 2. The molecule has 0 bridgehead atoms. The average molecular weight is 529 g/mol. The molecule has 0 spiro atoms. The lowest BCUT2D eigenvalue weighted by Gasteiger charge is -2.13. The van der Waals surface area contributed by atoms with Crippen LogP contribution in [0, 0.1) is 32.8 Å². The van der Waals surface area contributed by atoms with Gasteiger partial charge >= 0.3 is 0 Å². The van der Waals surface area contributed by atoms with Crippen molar-refractivity contribution in [1.82, 2.24) is 0 Å². The molecule has 1 N–H and O–H groups in total. The molecule has 1 aliphatic rings. The molecule has 3 aromatic rings. The molecule has 0 fully saturated rings. The Labute approximate surface area is 223 Å². The van der Waals surface area contributed by atoms with Gasteiger partial charge in [-0.2, -0.15) is 10.5 Å². The summed E-state index contributed by atoms with van der Waals surface area (Å²) in [6.45, 7) is 2.26. The summed E-state index contributed by atoms with van der Waals surface area (Å²) in [6, 6.07) is 15.3. The maximum absolute atomic E-state index is 12.9. The van der Waals surface area contributed by atoms with Crippen LogP contribution < -0.4 is 14.8 Å². The van der Waals surface area contributed by atoms with Crippen LogP contribution in [0.25, 0.3) is 6.08 Å². The zero-order valence-electron chi connectivity index (χ0n) is 20.7. The van der Waals surface area contributed by atoms with Gasteiger partial charge in [0, 0.05) is 17.0 Å². The summed E-state index contributed by atoms with van der Waals surface area (Å²) < 4.78 is 11.5. The van der Waals surface area contributed by atoms with Gasteiger partial charge in [0.05, 0.1) is 17.1 Å². The Kier molecular flexibility index (Phi) is 8.37. The number of fused-ring (bicyclic) bond motifs is 1. The molecule has 0 unspecified atom stereocenters. The fourth-order valence-corrected chi connectivity index (χ4v) is 5.42. The minimum absolute atomic E-state index is 0.0245. The lowest BCUT2D eigenvalue weighted by atomic mass is 9.96. The first kappa shape index (κ1) is 26.4. The SMILES string of the molecule is CCOc1cc(/C=C(\C#N)C(=O)Nc2sc3c(c2C#N)CCCC3)ccc1OCc1cccc([N+](=O)[O-])c1. The molecule has 1 amide bonds. The van der Waals surface area contributed by atoms with Gasteiger partial charge in [0.25, 0.3) is 11.6 Å². The minimum Gasteiger partial charge on any atom is -0.490 e. The van der Waals surface area contributed by atoms with E-state index in [1.807, 2.05) is 13.0 Å². The van der Waals surface area contributed by atoms with Crippen molar-refractivity contribution in [1.29, 1.82) is 10.5 Å². The summed E-state index contributed by atoms with van der Waals surface area (Å²) >= 11 is 1.40. The lowest BCUT2D eigenvalue weighted by Crippen LogP contribution is -2.13. The molecule has 10 heteroatoms. The number of hydrogen-bond donors (Lipinski definition) is 1. The highest BCUT2D eigenvalue weighted by atomic mass is 32.1. The lowest BCUT2D eigenvalue weighted by molar-refractivity contribution is -0.384. The average Bonchev–Trinajstić information content (AvgIpc) is 3.28. The molecule has 1 aliphatic carbocycles. The number of thiophene rings is 1. The van der Waals surface area contributed by atoms with Gasteiger partial charge in [0.2, 0.25) is 0 Å². The van der Waals surface area contributed by atoms with Crippen LogP contribution in [0.15, 0.2) is 48.0 Å². The number of carbonyl (C=O) groups is 1. The van der Waals surface area contributed by atoms with E-state index < -0.39 is 10.8 Å². The van der Waals surface area contributed by atoms with Crippen molar-refractivity contribution in [2.75, 3.05) is 11.9 Å². The number of amides is 1. The molecule has 4 rings (SSSR count). The third-order valence-electron chi connectivity index (χ3n) is 5.97. The summed E-state index contributed by atoms with van der Waals surface area (Å²) in [5, 5.41) is 33.6. The number of nitriles is 2.